The number of aromatic hydroxyl groups is 1. The first kappa shape index (κ1) is 17.0. The molecule has 142 valence electrons. The molecule has 0 bridgehead atoms. The van der Waals surface area contributed by atoms with E-state index in [1.807, 2.05) is 36.4 Å². The predicted octanol–water partition coefficient (Wildman–Crippen LogP) is 5.21. The Morgan fingerprint density at radius 3 is 2.79 bits per heavy atom. The van der Waals surface area contributed by atoms with Gasteiger partial charge in [0.15, 0.2) is 11.5 Å². The van der Waals surface area contributed by atoms with Crippen molar-refractivity contribution >= 4 is 28.4 Å². The number of nitrogens with zero attached hydrogens (tertiary/aromatic N) is 2. The van der Waals surface area contributed by atoms with Gasteiger partial charge in [0.1, 0.15) is 11.3 Å². The molecule has 0 amide bonds. The number of furan rings is 1. The molecule has 1 aromatic heterocycles. The van der Waals surface area contributed by atoms with E-state index in [0.29, 0.717) is 28.3 Å². The zero-order chi connectivity index (χ0) is 19.1. The van der Waals surface area contributed by atoms with Crippen molar-refractivity contribution in [1.82, 2.24) is 5.32 Å². The van der Waals surface area contributed by atoms with Crippen molar-refractivity contribution in [1.29, 1.82) is 0 Å². The van der Waals surface area contributed by atoms with E-state index in [-0.39, 0.29) is 5.75 Å². The van der Waals surface area contributed by atoms with Gasteiger partial charge in [-0.2, -0.15) is 0 Å². The zero-order valence-corrected chi connectivity index (χ0v) is 15.6. The second-order valence-electron chi connectivity index (χ2n) is 7.14. The first-order valence-electron chi connectivity index (χ1n) is 9.52. The average Bonchev–Trinajstić information content (AvgIpc) is 3.29. The molecule has 0 atom stereocenters. The van der Waals surface area contributed by atoms with Gasteiger partial charge < -0.3 is 19.6 Å². The van der Waals surface area contributed by atoms with Crippen molar-refractivity contribution in [2.75, 3.05) is 20.2 Å². The van der Waals surface area contributed by atoms with Crippen LogP contribution in [0.15, 0.2) is 51.0 Å². The minimum atomic E-state index is 0.125. The summed E-state index contributed by atoms with van der Waals surface area (Å²) in [6.07, 6.45) is 3.77. The summed E-state index contributed by atoms with van der Waals surface area (Å²) in [5.74, 6) is 1.65. The van der Waals surface area contributed by atoms with E-state index in [0.717, 1.165) is 48.5 Å². The van der Waals surface area contributed by atoms with E-state index in [4.69, 9.17) is 9.15 Å². The molecule has 1 saturated heterocycles. The Labute approximate surface area is 162 Å². The fourth-order valence-electron chi connectivity index (χ4n) is 4.11. The van der Waals surface area contributed by atoms with Gasteiger partial charge in [0.05, 0.1) is 23.9 Å². The highest BCUT2D eigenvalue weighted by Gasteiger charge is 2.26. The first-order chi connectivity index (χ1) is 13.8. The summed E-state index contributed by atoms with van der Waals surface area (Å²) in [5.41, 5.74) is 4.16. The molecule has 2 aromatic carbocycles. The Hall–Kier alpha value is -3.12. The van der Waals surface area contributed by atoms with Crippen LogP contribution in [-0.4, -0.2) is 25.3 Å². The van der Waals surface area contributed by atoms with Crippen LogP contribution in [-0.2, 0) is 0 Å². The average molecular weight is 375 g/mol. The fourth-order valence-corrected chi connectivity index (χ4v) is 4.11. The number of benzene rings is 2. The minimum absolute atomic E-state index is 0.125. The largest absolute Gasteiger partial charge is 0.504 e. The maximum Gasteiger partial charge on any atom is 0.172 e. The smallest absolute Gasteiger partial charge is 0.172 e. The number of fused-ring (bicyclic) bond motifs is 2. The van der Waals surface area contributed by atoms with Gasteiger partial charge in [-0.25, -0.2) is 0 Å². The predicted molar refractivity (Wildman–Crippen MR) is 108 cm³/mol. The van der Waals surface area contributed by atoms with Crippen LogP contribution in [0, 0.1) is 0 Å². The van der Waals surface area contributed by atoms with Crippen LogP contribution >= 0.6 is 0 Å². The van der Waals surface area contributed by atoms with Crippen molar-refractivity contribution in [3.8, 4) is 11.5 Å². The van der Waals surface area contributed by atoms with Crippen LogP contribution in [0.5, 0.6) is 11.5 Å². The van der Waals surface area contributed by atoms with Gasteiger partial charge in [-0.3, -0.25) is 0 Å². The van der Waals surface area contributed by atoms with E-state index in [1.165, 1.54) is 0 Å². The highest BCUT2D eigenvalue weighted by atomic mass is 16.5. The highest BCUT2D eigenvalue weighted by Crippen LogP contribution is 2.45. The van der Waals surface area contributed by atoms with Crippen molar-refractivity contribution in [3.05, 3.63) is 53.3 Å². The number of methoxy groups -OCH3 is 1. The fraction of sp³-hybridized carbons (Fsp3) is 0.273. The van der Waals surface area contributed by atoms with E-state index in [1.54, 1.807) is 13.2 Å². The van der Waals surface area contributed by atoms with Crippen LogP contribution < -0.4 is 10.1 Å². The summed E-state index contributed by atoms with van der Waals surface area (Å²) in [6.45, 7) is 1.93. The van der Waals surface area contributed by atoms with Crippen molar-refractivity contribution in [2.24, 2.45) is 10.2 Å². The Morgan fingerprint density at radius 2 is 1.96 bits per heavy atom. The molecular weight excluding hydrogens is 354 g/mol. The van der Waals surface area contributed by atoms with Crippen LogP contribution in [0.1, 0.15) is 35.6 Å². The molecule has 5 rings (SSSR count). The molecule has 28 heavy (non-hydrogen) atoms. The van der Waals surface area contributed by atoms with Crippen molar-refractivity contribution in [2.45, 2.75) is 18.8 Å². The van der Waals surface area contributed by atoms with Gasteiger partial charge in [-0.05, 0) is 50.0 Å². The second kappa shape index (κ2) is 6.80. The molecule has 2 aliphatic rings. The van der Waals surface area contributed by atoms with Gasteiger partial charge in [0, 0.05) is 17.2 Å². The lowest BCUT2D eigenvalue weighted by Crippen LogP contribution is -2.26. The second-order valence-corrected chi connectivity index (χ2v) is 7.14. The van der Waals surface area contributed by atoms with Crippen LogP contribution in [0.4, 0.5) is 5.69 Å². The molecule has 6 heteroatoms. The number of rotatable bonds is 3. The molecule has 3 aromatic rings. The summed E-state index contributed by atoms with van der Waals surface area (Å²) >= 11 is 0. The van der Waals surface area contributed by atoms with Crippen LogP contribution in [0.25, 0.3) is 22.7 Å². The normalized spacial score (nSPS) is 18.1. The Bertz CT molecular complexity index is 1110. The molecule has 1 fully saturated rings. The first-order valence-corrected chi connectivity index (χ1v) is 9.52. The lowest BCUT2D eigenvalue weighted by atomic mass is 9.88. The maximum absolute atomic E-state index is 10.8. The third kappa shape index (κ3) is 2.68. The monoisotopic (exact) mass is 375 g/mol. The van der Waals surface area contributed by atoms with Crippen molar-refractivity contribution < 1.29 is 14.3 Å². The van der Waals surface area contributed by atoms with Crippen LogP contribution in [0.3, 0.4) is 0 Å². The lowest BCUT2D eigenvalue weighted by molar-refractivity contribution is 0.390. The molecule has 2 aliphatic heterocycles. The highest BCUT2D eigenvalue weighted by molar-refractivity contribution is 5.95. The molecular formula is C22H21N3O3. The van der Waals surface area contributed by atoms with Gasteiger partial charge in [0.2, 0.25) is 0 Å². The number of hydrogen-bond acceptors (Lipinski definition) is 6. The Balaban J connectivity index is 1.65. The van der Waals surface area contributed by atoms with Crippen LogP contribution in [0.2, 0.25) is 0 Å². The number of hydrogen-bond donors (Lipinski definition) is 2. The number of nitrogens with one attached hydrogen (secondary N) is 1. The number of azo groups is 1. The van der Waals surface area contributed by atoms with Gasteiger partial charge in [-0.1, -0.05) is 18.2 Å². The summed E-state index contributed by atoms with van der Waals surface area (Å²) in [5, 5.41) is 23.3. The van der Waals surface area contributed by atoms with E-state index >= 15 is 0 Å². The lowest BCUT2D eigenvalue weighted by Gasteiger charge is -2.24. The number of ether oxygens (including phenoxy) is 1. The van der Waals surface area contributed by atoms with E-state index in [2.05, 4.69) is 15.5 Å². The summed E-state index contributed by atoms with van der Waals surface area (Å²) < 4.78 is 11.8. The standard InChI is InChI=1S/C22H21N3O3/c1-27-18-7-6-15-21(26)19(12-17-14-4-2-3-5-16(14)24-25-17)28-22(15)20(18)13-8-10-23-11-9-13/h2-7,12-13,23,26H,8-11H2,1H3. The topological polar surface area (TPSA) is 79.3 Å². The molecule has 6 nitrogen and oxygen atoms in total. The van der Waals surface area contributed by atoms with Gasteiger partial charge in [-0.15, -0.1) is 10.2 Å². The van der Waals surface area contributed by atoms with Gasteiger partial charge >= 0.3 is 0 Å². The quantitative estimate of drug-likeness (QED) is 0.659. The molecule has 3 heterocycles. The van der Waals surface area contributed by atoms with Crippen molar-refractivity contribution in [3.63, 3.8) is 0 Å². The zero-order valence-electron chi connectivity index (χ0n) is 15.6. The summed E-state index contributed by atoms with van der Waals surface area (Å²) in [7, 11) is 1.67. The molecule has 2 N–H and O–H groups in total. The van der Waals surface area contributed by atoms with Gasteiger partial charge in [0.25, 0.3) is 0 Å². The number of piperidine rings is 1. The Morgan fingerprint density at radius 1 is 1.14 bits per heavy atom. The van der Waals surface area contributed by atoms with E-state index < -0.39 is 0 Å². The third-order valence-electron chi connectivity index (χ3n) is 5.54. The summed E-state index contributed by atoms with van der Waals surface area (Å²) in [4.78, 5) is 0. The minimum Gasteiger partial charge on any atom is -0.504 e. The third-order valence-corrected chi connectivity index (χ3v) is 5.54. The maximum atomic E-state index is 10.8. The van der Waals surface area contributed by atoms with E-state index in [9.17, 15) is 5.11 Å². The molecule has 0 radical (unpaired) electrons. The molecule has 0 unspecified atom stereocenters. The molecule has 0 saturated carbocycles. The summed E-state index contributed by atoms with van der Waals surface area (Å²) in [6, 6.07) is 11.5. The molecule has 0 aliphatic carbocycles. The Kier molecular flexibility index (Phi) is 4.13. The SMILES string of the molecule is COc1ccc2c(O)c(C=C3N=Nc4ccccc43)oc2c1C1CCNCC1. The molecule has 0 spiro atoms.